The number of amides is 1. The number of aryl methyl sites for hydroxylation is 1. The molecule has 2 atom stereocenters. The fourth-order valence-corrected chi connectivity index (χ4v) is 4.32. The van der Waals surface area contributed by atoms with Crippen molar-refractivity contribution in [2.24, 2.45) is 11.8 Å². The number of hydrogen-bond acceptors (Lipinski definition) is 5. The summed E-state index contributed by atoms with van der Waals surface area (Å²) < 4.78 is 30.9. The van der Waals surface area contributed by atoms with Gasteiger partial charge in [-0.05, 0) is 30.9 Å². The number of rotatable bonds is 9. The van der Waals surface area contributed by atoms with Gasteiger partial charge in [-0.2, -0.15) is 0 Å². The van der Waals surface area contributed by atoms with Crippen LogP contribution >= 0.6 is 0 Å². The van der Waals surface area contributed by atoms with Crippen LogP contribution in [0.1, 0.15) is 32.8 Å². The van der Waals surface area contributed by atoms with Crippen LogP contribution in [0.4, 0.5) is 0 Å². The van der Waals surface area contributed by atoms with Gasteiger partial charge in [0.1, 0.15) is 0 Å². The van der Waals surface area contributed by atoms with Gasteiger partial charge in [0, 0.05) is 19.0 Å². The van der Waals surface area contributed by atoms with Gasteiger partial charge in [-0.3, -0.25) is 9.59 Å². The Hall–Kier alpha value is -2.15. The van der Waals surface area contributed by atoms with Crippen molar-refractivity contribution in [3.8, 4) is 0 Å². The van der Waals surface area contributed by atoms with Crippen LogP contribution < -0.4 is 5.32 Å². The monoisotopic (exact) mass is 395 g/mol. The summed E-state index contributed by atoms with van der Waals surface area (Å²) in [7, 11) is -2.51. The normalized spacial score (nSPS) is 14.1. The Kier molecular flexibility index (Phi) is 8.69. The summed E-state index contributed by atoms with van der Waals surface area (Å²) in [6.07, 6.45) is 2.52. The average molecular weight is 396 g/mol. The SMILES string of the molecule is COC(=O)CC(C)C(/C=C/C(=O)NCC(C)C)S(=O)(=O)c1ccc(C)cc1. The molecule has 0 spiro atoms. The van der Waals surface area contributed by atoms with Gasteiger partial charge in [0.15, 0.2) is 9.84 Å². The lowest BCUT2D eigenvalue weighted by Gasteiger charge is -2.21. The first-order valence-electron chi connectivity index (χ1n) is 8.91. The minimum absolute atomic E-state index is 0.0653. The van der Waals surface area contributed by atoms with E-state index in [1.807, 2.05) is 20.8 Å². The highest BCUT2D eigenvalue weighted by atomic mass is 32.2. The molecule has 0 fully saturated rings. The fraction of sp³-hybridized carbons (Fsp3) is 0.500. The molecule has 0 aliphatic rings. The number of sulfone groups is 1. The number of benzene rings is 1. The number of nitrogens with one attached hydrogen (secondary N) is 1. The molecule has 150 valence electrons. The van der Waals surface area contributed by atoms with Crippen molar-refractivity contribution in [2.45, 2.75) is 44.3 Å². The number of ether oxygens (including phenoxy) is 1. The van der Waals surface area contributed by atoms with E-state index < -0.39 is 27.0 Å². The van der Waals surface area contributed by atoms with Crippen LogP contribution in [-0.4, -0.2) is 39.2 Å². The molecule has 0 aliphatic heterocycles. The van der Waals surface area contributed by atoms with E-state index >= 15 is 0 Å². The average Bonchev–Trinajstić information content (AvgIpc) is 2.60. The molecular weight excluding hydrogens is 366 g/mol. The molecule has 0 radical (unpaired) electrons. The largest absolute Gasteiger partial charge is 0.469 e. The molecule has 1 amide bonds. The molecule has 1 aromatic rings. The molecule has 0 aliphatic carbocycles. The summed E-state index contributed by atoms with van der Waals surface area (Å²) in [5, 5.41) is 1.69. The van der Waals surface area contributed by atoms with E-state index in [0.717, 1.165) is 5.56 Å². The molecule has 1 aromatic carbocycles. The third kappa shape index (κ3) is 7.17. The smallest absolute Gasteiger partial charge is 0.305 e. The Morgan fingerprint density at radius 2 is 1.74 bits per heavy atom. The third-order valence-electron chi connectivity index (χ3n) is 4.11. The van der Waals surface area contributed by atoms with Crippen molar-refractivity contribution in [1.82, 2.24) is 5.32 Å². The first-order chi connectivity index (χ1) is 12.6. The third-order valence-corrected chi connectivity index (χ3v) is 6.37. The van der Waals surface area contributed by atoms with E-state index in [1.165, 1.54) is 31.4 Å². The Morgan fingerprint density at radius 3 is 2.26 bits per heavy atom. The first-order valence-corrected chi connectivity index (χ1v) is 10.5. The van der Waals surface area contributed by atoms with Crippen LogP contribution in [0.25, 0.3) is 0 Å². The van der Waals surface area contributed by atoms with Crippen molar-refractivity contribution in [1.29, 1.82) is 0 Å². The molecule has 7 heteroatoms. The Morgan fingerprint density at radius 1 is 1.15 bits per heavy atom. The molecule has 0 heterocycles. The summed E-state index contributed by atoms with van der Waals surface area (Å²) in [5.74, 6) is -1.13. The zero-order chi connectivity index (χ0) is 20.6. The van der Waals surface area contributed by atoms with Crippen molar-refractivity contribution in [2.75, 3.05) is 13.7 Å². The summed E-state index contributed by atoms with van der Waals surface area (Å²) >= 11 is 0. The van der Waals surface area contributed by atoms with Crippen LogP contribution in [0.2, 0.25) is 0 Å². The topological polar surface area (TPSA) is 89.5 Å². The Labute approximate surface area is 161 Å². The Bertz CT molecular complexity index is 766. The van der Waals surface area contributed by atoms with Gasteiger partial charge in [0.25, 0.3) is 0 Å². The number of esters is 1. The van der Waals surface area contributed by atoms with Gasteiger partial charge in [-0.15, -0.1) is 0 Å². The molecule has 1 rings (SSSR count). The number of methoxy groups -OCH3 is 1. The van der Waals surface area contributed by atoms with Crippen LogP contribution in [0.15, 0.2) is 41.3 Å². The van der Waals surface area contributed by atoms with Crippen molar-refractivity contribution < 1.29 is 22.7 Å². The van der Waals surface area contributed by atoms with E-state index in [1.54, 1.807) is 19.1 Å². The second-order valence-electron chi connectivity index (χ2n) is 7.08. The highest BCUT2D eigenvalue weighted by Gasteiger charge is 2.32. The number of hydrogen-bond donors (Lipinski definition) is 1. The van der Waals surface area contributed by atoms with Crippen LogP contribution in [0, 0.1) is 18.8 Å². The lowest BCUT2D eigenvalue weighted by atomic mass is 10.0. The van der Waals surface area contributed by atoms with E-state index in [0.29, 0.717) is 6.54 Å². The van der Waals surface area contributed by atoms with E-state index in [4.69, 9.17) is 0 Å². The molecule has 1 N–H and O–H groups in total. The van der Waals surface area contributed by atoms with Gasteiger partial charge in [0.05, 0.1) is 17.3 Å². The zero-order valence-electron chi connectivity index (χ0n) is 16.6. The van der Waals surface area contributed by atoms with E-state index in [-0.39, 0.29) is 23.1 Å². The van der Waals surface area contributed by atoms with Gasteiger partial charge in [-0.25, -0.2) is 8.42 Å². The maximum absolute atomic E-state index is 13.1. The summed E-state index contributed by atoms with van der Waals surface area (Å²) in [6.45, 7) is 7.95. The first kappa shape index (κ1) is 22.9. The number of carbonyl (C=O) groups excluding carboxylic acids is 2. The number of carbonyl (C=O) groups is 2. The molecular formula is C20H29NO5S. The van der Waals surface area contributed by atoms with Crippen molar-refractivity contribution in [3.05, 3.63) is 42.0 Å². The minimum Gasteiger partial charge on any atom is -0.469 e. The van der Waals surface area contributed by atoms with Crippen LogP contribution in [0.5, 0.6) is 0 Å². The van der Waals surface area contributed by atoms with Crippen molar-refractivity contribution >= 4 is 21.7 Å². The lowest BCUT2D eigenvalue weighted by molar-refractivity contribution is -0.141. The molecule has 27 heavy (non-hydrogen) atoms. The van der Waals surface area contributed by atoms with E-state index in [2.05, 4.69) is 10.1 Å². The molecule has 2 unspecified atom stereocenters. The standard InChI is InChI=1S/C20H29NO5S/c1-14(2)13-21-19(22)11-10-18(16(4)12-20(23)26-5)27(24,25)17-8-6-15(3)7-9-17/h6-11,14,16,18H,12-13H2,1-5H3,(H,21,22)/b11-10+. The molecule has 6 nitrogen and oxygen atoms in total. The predicted octanol–water partition coefficient (Wildman–Crippen LogP) is 2.66. The minimum atomic E-state index is -3.77. The highest BCUT2D eigenvalue weighted by Crippen LogP contribution is 2.25. The van der Waals surface area contributed by atoms with Crippen molar-refractivity contribution in [3.63, 3.8) is 0 Å². The zero-order valence-corrected chi connectivity index (χ0v) is 17.4. The molecule has 0 saturated carbocycles. The van der Waals surface area contributed by atoms with E-state index in [9.17, 15) is 18.0 Å². The highest BCUT2D eigenvalue weighted by molar-refractivity contribution is 7.92. The van der Waals surface area contributed by atoms with Crippen LogP contribution in [-0.2, 0) is 24.2 Å². The summed E-state index contributed by atoms with van der Waals surface area (Å²) in [5.41, 5.74) is 0.941. The van der Waals surface area contributed by atoms with Crippen LogP contribution in [0.3, 0.4) is 0 Å². The maximum Gasteiger partial charge on any atom is 0.305 e. The quantitative estimate of drug-likeness (QED) is 0.513. The molecule has 0 saturated heterocycles. The van der Waals surface area contributed by atoms with Gasteiger partial charge in [0.2, 0.25) is 5.91 Å². The fourth-order valence-electron chi connectivity index (χ4n) is 2.49. The second-order valence-corrected chi connectivity index (χ2v) is 9.18. The lowest BCUT2D eigenvalue weighted by Crippen LogP contribution is -2.30. The van der Waals surface area contributed by atoms with Gasteiger partial charge >= 0.3 is 5.97 Å². The predicted molar refractivity (Wildman–Crippen MR) is 105 cm³/mol. The Balaban J connectivity index is 3.15. The summed E-state index contributed by atoms with van der Waals surface area (Å²) in [4.78, 5) is 23.8. The summed E-state index contributed by atoms with van der Waals surface area (Å²) in [6, 6.07) is 6.51. The van der Waals surface area contributed by atoms with Gasteiger partial charge in [-0.1, -0.05) is 44.5 Å². The second kappa shape index (κ2) is 10.3. The molecule has 0 bridgehead atoms. The molecule has 0 aromatic heterocycles. The van der Waals surface area contributed by atoms with Gasteiger partial charge < -0.3 is 10.1 Å². The maximum atomic E-state index is 13.1.